The smallest absolute Gasteiger partial charge is 0.346 e. The van der Waals surface area contributed by atoms with Crippen molar-refractivity contribution in [2.45, 2.75) is 20.0 Å². The fraction of sp³-hybridized carbons (Fsp3) is 0.263. The van der Waals surface area contributed by atoms with Crippen LogP contribution in [0.2, 0.25) is 0 Å². The number of amides is 1. The lowest BCUT2D eigenvalue weighted by atomic mass is 10.1. The molecule has 0 bridgehead atoms. The Hall–Kier alpha value is -4.22. The molecule has 0 saturated carbocycles. The third-order valence-corrected chi connectivity index (χ3v) is 3.98. The Morgan fingerprint density at radius 2 is 1.81 bits per heavy atom. The van der Waals surface area contributed by atoms with Crippen LogP contribution in [0.15, 0.2) is 36.4 Å². The second-order valence-corrected chi connectivity index (χ2v) is 6.05. The van der Waals surface area contributed by atoms with Crippen LogP contribution in [0.25, 0.3) is 0 Å². The first-order chi connectivity index (χ1) is 14.7. The summed E-state index contributed by atoms with van der Waals surface area (Å²) in [6, 6.07) is 7.30. The van der Waals surface area contributed by atoms with E-state index in [1.54, 1.807) is 6.92 Å². The Balaban J connectivity index is 2.21. The zero-order valence-corrected chi connectivity index (χ0v) is 16.8. The number of carbonyl (C=O) groups is 2. The molecule has 12 heteroatoms. The molecule has 2 aromatic carbocycles. The molecule has 0 saturated heterocycles. The van der Waals surface area contributed by atoms with Gasteiger partial charge in [-0.3, -0.25) is 25.0 Å². The fourth-order valence-corrected chi connectivity index (χ4v) is 2.51. The number of rotatable bonds is 9. The molecule has 0 aromatic heterocycles. The average molecular weight is 433 g/mol. The van der Waals surface area contributed by atoms with E-state index in [-0.39, 0.29) is 29.5 Å². The van der Waals surface area contributed by atoms with Gasteiger partial charge in [-0.15, -0.1) is 0 Å². The maximum atomic E-state index is 12.5. The summed E-state index contributed by atoms with van der Waals surface area (Å²) < 4.78 is 15.4. The number of ether oxygens (including phenoxy) is 3. The van der Waals surface area contributed by atoms with Crippen molar-refractivity contribution in [3.8, 4) is 11.5 Å². The number of nitrogens with one attached hydrogen (secondary N) is 1. The summed E-state index contributed by atoms with van der Waals surface area (Å²) in [5, 5.41) is 24.6. The van der Waals surface area contributed by atoms with E-state index in [1.807, 2.05) is 0 Å². The summed E-state index contributed by atoms with van der Waals surface area (Å²) in [6.07, 6.45) is -1.36. The summed E-state index contributed by atoms with van der Waals surface area (Å²) in [4.78, 5) is 45.6. The minimum absolute atomic E-state index is 0.0738. The molecular formula is C19H19N3O9. The average Bonchev–Trinajstić information content (AvgIpc) is 2.73. The van der Waals surface area contributed by atoms with Crippen LogP contribution < -0.4 is 14.8 Å². The summed E-state index contributed by atoms with van der Waals surface area (Å²) in [5.41, 5.74) is -1.13. The molecule has 1 amide bonds. The summed E-state index contributed by atoms with van der Waals surface area (Å²) in [5.74, 6) is -1.76. The molecule has 0 aliphatic carbocycles. The van der Waals surface area contributed by atoms with Gasteiger partial charge >= 0.3 is 5.97 Å². The Bertz CT molecular complexity index is 1020. The SMILES string of the molecule is CCOc1cc([N+](=O)[O-])c(C(=O)OC(C)C(=O)Nc2cccc([N+](=O)[O-])c2)cc1OC. The number of hydrogen-bond donors (Lipinski definition) is 1. The van der Waals surface area contributed by atoms with Crippen LogP contribution in [-0.2, 0) is 9.53 Å². The Morgan fingerprint density at radius 3 is 2.39 bits per heavy atom. The minimum atomic E-state index is -1.36. The number of nitro groups is 2. The van der Waals surface area contributed by atoms with Crippen LogP contribution in [-0.4, -0.2) is 41.5 Å². The van der Waals surface area contributed by atoms with E-state index in [0.29, 0.717) is 0 Å². The topological polar surface area (TPSA) is 160 Å². The van der Waals surface area contributed by atoms with Crippen molar-refractivity contribution >= 4 is 28.9 Å². The van der Waals surface area contributed by atoms with Gasteiger partial charge in [-0.1, -0.05) is 6.07 Å². The van der Waals surface area contributed by atoms with E-state index in [4.69, 9.17) is 14.2 Å². The third kappa shape index (κ3) is 5.65. The lowest BCUT2D eigenvalue weighted by Crippen LogP contribution is -2.30. The summed E-state index contributed by atoms with van der Waals surface area (Å²) >= 11 is 0. The molecule has 2 rings (SSSR count). The molecule has 0 radical (unpaired) electrons. The van der Waals surface area contributed by atoms with Gasteiger partial charge in [0.05, 0.1) is 29.6 Å². The van der Waals surface area contributed by atoms with E-state index in [2.05, 4.69) is 5.32 Å². The van der Waals surface area contributed by atoms with Crippen LogP contribution in [0, 0.1) is 20.2 Å². The third-order valence-electron chi connectivity index (χ3n) is 3.98. The monoisotopic (exact) mass is 433 g/mol. The molecule has 31 heavy (non-hydrogen) atoms. The van der Waals surface area contributed by atoms with Crippen molar-refractivity contribution in [2.24, 2.45) is 0 Å². The van der Waals surface area contributed by atoms with E-state index >= 15 is 0 Å². The van der Waals surface area contributed by atoms with Crippen molar-refractivity contribution in [3.63, 3.8) is 0 Å². The predicted octanol–water partition coefficient (Wildman–Crippen LogP) is 3.09. The lowest BCUT2D eigenvalue weighted by Gasteiger charge is -2.15. The molecule has 0 aliphatic rings. The van der Waals surface area contributed by atoms with Gasteiger partial charge in [0.2, 0.25) is 0 Å². The number of methoxy groups -OCH3 is 1. The highest BCUT2D eigenvalue weighted by Gasteiger charge is 2.28. The number of nitrogens with zero attached hydrogens (tertiary/aromatic N) is 2. The number of esters is 1. The highest BCUT2D eigenvalue weighted by atomic mass is 16.6. The molecule has 0 aliphatic heterocycles. The van der Waals surface area contributed by atoms with Gasteiger partial charge in [0, 0.05) is 23.9 Å². The predicted molar refractivity (Wildman–Crippen MR) is 107 cm³/mol. The van der Waals surface area contributed by atoms with E-state index in [0.717, 1.165) is 18.2 Å². The maximum Gasteiger partial charge on any atom is 0.346 e. The Kier molecular flexibility index (Phi) is 7.44. The van der Waals surface area contributed by atoms with Gasteiger partial charge < -0.3 is 19.5 Å². The zero-order chi connectivity index (χ0) is 23.1. The molecule has 1 N–H and O–H groups in total. The Morgan fingerprint density at radius 1 is 1.10 bits per heavy atom. The number of carbonyl (C=O) groups excluding carboxylic acids is 2. The van der Waals surface area contributed by atoms with Crippen LogP contribution >= 0.6 is 0 Å². The van der Waals surface area contributed by atoms with Crippen LogP contribution in [0.1, 0.15) is 24.2 Å². The van der Waals surface area contributed by atoms with E-state index < -0.39 is 39.1 Å². The zero-order valence-electron chi connectivity index (χ0n) is 16.8. The number of non-ortho nitro benzene ring substituents is 1. The number of anilines is 1. The number of benzene rings is 2. The van der Waals surface area contributed by atoms with Crippen LogP contribution in [0.3, 0.4) is 0 Å². The van der Waals surface area contributed by atoms with E-state index in [1.165, 1.54) is 32.2 Å². The molecule has 1 atom stereocenters. The van der Waals surface area contributed by atoms with Crippen LogP contribution in [0.4, 0.5) is 17.1 Å². The molecule has 0 heterocycles. The van der Waals surface area contributed by atoms with Gasteiger partial charge in [0.15, 0.2) is 17.6 Å². The minimum Gasteiger partial charge on any atom is -0.493 e. The molecular weight excluding hydrogens is 414 g/mol. The molecule has 0 fully saturated rings. The van der Waals surface area contributed by atoms with E-state index in [9.17, 15) is 29.8 Å². The Labute approximate surface area is 176 Å². The fourth-order valence-electron chi connectivity index (χ4n) is 2.51. The maximum absolute atomic E-state index is 12.5. The first-order valence-corrected chi connectivity index (χ1v) is 8.93. The first-order valence-electron chi connectivity index (χ1n) is 8.93. The summed E-state index contributed by atoms with van der Waals surface area (Å²) in [6.45, 7) is 3.14. The molecule has 1 unspecified atom stereocenters. The van der Waals surface area contributed by atoms with Crippen molar-refractivity contribution in [3.05, 3.63) is 62.2 Å². The molecule has 164 valence electrons. The van der Waals surface area contributed by atoms with Crippen molar-refractivity contribution in [1.29, 1.82) is 0 Å². The molecule has 0 spiro atoms. The van der Waals surface area contributed by atoms with Gasteiger partial charge in [-0.2, -0.15) is 0 Å². The number of nitro benzene ring substituents is 2. The standard InChI is InChI=1S/C19H19N3O9/c1-4-30-17-10-15(22(27)28)14(9-16(17)29-3)19(24)31-11(2)18(23)20-12-6-5-7-13(8-12)21(25)26/h5-11H,4H2,1-3H3,(H,20,23). The molecule has 12 nitrogen and oxygen atoms in total. The normalized spacial score (nSPS) is 11.2. The summed E-state index contributed by atoms with van der Waals surface area (Å²) in [7, 11) is 1.30. The van der Waals surface area contributed by atoms with Gasteiger partial charge in [-0.25, -0.2) is 4.79 Å². The van der Waals surface area contributed by atoms with Gasteiger partial charge in [0.25, 0.3) is 17.3 Å². The highest BCUT2D eigenvalue weighted by Crippen LogP contribution is 2.35. The second-order valence-electron chi connectivity index (χ2n) is 6.05. The van der Waals surface area contributed by atoms with Gasteiger partial charge in [-0.05, 0) is 19.9 Å². The van der Waals surface area contributed by atoms with Crippen molar-refractivity contribution in [2.75, 3.05) is 19.0 Å². The van der Waals surface area contributed by atoms with Crippen molar-refractivity contribution < 1.29 is 33.6 Å². The first kappa shape index (κ1) is 23.1. The lowest BCUT2D eigenvalue weighted by molar-refractivity contribution is -0.385. The largest absolute Gasteiger partial charge is 0.493 e. The highest BCUT2D eigenvalue weighted by molar-refractivity contribution is 5.99. The molecule has 2 aromatic rings. The van der Waals surface area contributed by atoms with Gasteiger partial charge in [0.1, 0.15) is 5.56 Å². The van der Waals surface area contributed by atoms with Crippen LogP contribution in [0.5, 0.6) is 11.5 Å². The second kappa shape index (κ2) is 10.0. The quantitative estimate of drug-likeness (QED) is 0.356. The van der Waals surface area contributed by atoms with Crippen molar-refractivity contribution in [1.82, 2.24) is 0 Å². The number of hydrogen-bond acceptors (Lipinski definition) is 9.